The highest BCUT2D eigenvalue weighted by atomic mass is 35.5. The van der Waals surface area contributed by atoms with Gasteiger partial charge in [0.25, 0.3) is 0 Å². The maximum absolute atomic E-state index is 14.2. The maximum atomic E-state index is 14.2. The number of esters is 1. The number of carbonyl (C=O) groups excluding carboxylic acids is 2. The van der Waals surface area contributed by atoms with Crippen LogP contribution in [0, 0.1) is 23.7 Å². The predicted molar refractivity (Wildman–Crippen MR) is 302 cm³/mol. The van der Waals surface area contributed by atoms with E-state index < -0.39 is 128 Å². The van der Waals surface area contributed by atoms with E-state index in [1.807, 2.05) is 40.7 Å². The summed E-state index contributed by atoms with van der Waals surface area (Å²) in [5.74, 6) is -3.12. The predicted octanol–water partition coefficient (Wildman–Crippen LogP) is 2.95. The van der Waals surface area contributed by atoms with Crippen molar-refractivity contribution >= 4 is 29.8 Å². The topological polar surface area (TPSA) is 398 Å². The summed E-state index contributed by atoms with van der Waals surface area (Å²) in [4.78, 5) is 27.7. The van der Waals surface area contributed by atoms with Crippen LogP contribution < -0.4 is 11.5 Å². The number of unbranched alkanes of at least 4 members (excludes halogenated alkanes) is 1. The van der Waals surface area contributed by atoms with Gasteiger partial charge in [-0.05, 0) is 134 Å². The number of rotatable bonds is 12. The van der Waals surface area contributed by atoms with Gasteiger partial charge in [-0.3, -0.25) is 14.6 Å². The second-order valence-electron chi connectivity index (χ2n) is 22.8. The first-order chi connectivity index (χ1) is 37.6. The van der Waals surface area contributed by atoms with Gasteiger partial charge in [-0.1, -0.05) is 64.7 Å². The minimum absolute atomic E-state index is 0.0266. The Labute approximate surface area is 480 Å². The fraction of sp³-hybridized carbons (Fsp3) is 0.877. The first kappa shape index (κ1) is 75.4. The Balaban J connectivity index is 0.00000610. The molecule has 470 valence electrons. The van der Waals surface area contributed by atoms with E-state index in [0.29, 0.717) is 108 Å². The summed E-state index contributed by atoms with van der Waals surface area (Å²) in [7, 11) is 0. The molecule has 2 aliphatic heterocycles. The molecule has 0 amide bonds. The van der Waals surface area contributed by atoms with Gasteiger partial charge in [-0.2, -0.15) is 0 Å². The largest absolute Gasteiger partial charge is 0.461 e. The Hall–Kier alpha value is -2.62. The number of nitrogens with zero attached hydrogens (tertiary/aromatic N) is 1. The number of hydrogen-bond acceptors (Lipinski definition) is 20. The lowest BCUT2D eigenvalue weighted by atomic mass is 9.84. The van der Waals surface area contributed by atoms with Gasteiger partial charge in [0, 0.05) is 31.7 Å². The molecule has 1 fully saturated rings. The third-order valence-electron chi connectivity index (χ3n) is 15.3. The molecule has 2 rings (SSSR count). The van der Waals surface area contributed by atoms with E-state index in [1.165, 1.54) is 13.0 Å². The van der Waals surface area contributed by atoms with Gasteiger partial charge in [0.05, 0.1) is 73.6 Å². The first-order valence-corrected chi connectivity index (χ1v) is 29.5. The van der Waals surface area contributed by atoms with Gasteiger partial charge in [0.2, 0.25) is 0 Å². The fourth-order valence-corrected chi connectivity index (χ4v) is 10.3. The fourth-order valence-electron chi connectivity index (χ4n) is 10.3. The summed E-state index contributed by atoms with van der Waals surface area (Å²) in [5.41, 5.74) is 12.4. The smallest absolute Gasteiger partial charge is 0.321 e. The van der Waals surface area contributed by atoms with Crippen molar-refractivity contribution < 1.29 is 94.5 Å². The zero-order valence-corrected chi connectivity index (χ0v) is 49.5. The molecule has 22 nitrogen and oxygen atoms in total. The summed E-state index contributed by atoms with van der Waals surface area (Å²) < 4.78 is 21.3. The van der Waals surface area contributed by atoms with Crippen molar-refractivity contribution in [2.24, 2.45) is 40.1 Å². The molecular formula is C57H106ClN3O19. The zero-order valence-electron chi connectivity index (χ0n) is 48.7. The Bertz CT molecular complexity index is 1770. The van der Waals surface area contributed by atoms with Crippen LogP contribution in [-0.2, 0) is 28.1 Å². The van der Waals surface area contributed by atoms with Crippen LogP contribution in [0.4, 0.5) is 0 Å². The molecule has 20 atom stereocenters. The molecule has 0 aromatic heterocycles. The van der Waals surface area contributed by atoms with Crippen molar-refractivity contribution in [2.45, 2.75) is 281 Å². The molecular weight excluding hydrogens is 1070 g/mol. The van der Waals surface area contributed by atoms with Crippen LogP contribution in [0.1, 0.15) is 183 Å². The SMILES string of the molecule is CC(=O)OCl.CCCCC1C(=O)OC(C(C)C(O)CCCN=C(N)N)C(C)/C=C(\C)CCCCC(O)CC(O)CC(O)CC(O)CC(O)C(O[C@H]2O[C@H](CO)[C@@H](O)[C@@H]2O)/C=C(\C)C(O)CCCC(O)CCCC(O)CCC(C)C1O. The van der Waals surface area contributed by atoms with Gasteiger partial charge in [-0.25, -0.2) is 0 Å². The number of hydrogen-bond donors (Lipinski definition) is 15. The van der Waals surface area contributed by atoms with Crippen molar-refractivity contribution in [3.63, 3.8) is 0 Å². The van der Waals surface area contributed by atoms with Crippen LogP contribution in [0.15, 0.2) is 28.3 Å². The first-order valence-electron chi connectivity index (χ1n) is 29.1. The van der Waals surface area contributed by atoms with Gasteiger partial charge in [0.15, 0.2) is 12.2 Å². The standard InChI is InChI=1S/C55H103N3O17.C2H3ClO2/c1-7-8-19-43-49(69)33(3)22-23-38(61)17-11-16-37(60)18-12-20-44(66)34(4)26-47(73-54-51(71)50(70)48(31-59)74-54)46(68)30-42(65)29-41(64)28-40(63)27-39(62)15-10-9-14-32(2)25-35(5)52(75-53(43)72)36(6)45(67)21-13-24-58-55(56)57;1-2(4)5-3/h25-26,33,35-52,54,59-71H,7-24,27-31H2,1-6H3,(H4,56,57,58);1H3/b32-25+,34-26+;/t33?,35?,36?,37?,38?,39?,40?,41?,42?,43?,44?,45?,46?,47?,48-,49?,50-,51+,52?,54+;/m1./s1. The normalized spacial score (nSPS) is 36.7. The summed E-state index contributed by atoms with van der Waals surface area (Å²) in [6.07, 6.45) is -7.42. The number of ether oxygens (including phenoxy) is 3. The van der Waals surface area contributed by atoms with E-state index in [0.717, 1.165) is 12.0 Å². The Morgan fingerprint density at radius 2 is 1.32 bits per heavy atom. The van der Waals surface area contributed by atoms with Gasteiger partial charge < -0.3 is 96.4 Å². The van der Waals surface area contributed by atoms with Crippen LogP contribution in [0.5, 0.6) is 0 Å². The van der Waals surface area contributed by atoms with Crippen LogP contribution in [0.3, 0.4) is 0 Å². The number of aliphatic imine (C=N–C) groups is 1. The minimum atomic E-state index is -1.59. The third-order valence-corrected chi connectivity index (χ3v) is 15.6. The average Bonchev–Trinajstić information content (AvgIpc) is 3.67. The molecule has 0 aromatic carbocycles. The number of halogens is 1. The molecule has 2 aliphatic rings. The second kappa shape index (κ2) is 41.4. The molecule has 16 unspecified atom stereocenters. The highest BCUT2D eigenvalue weighted by molar-refractivity contribution is 6.12. The molecule has 0 spiro atoms. The van der Waals surface area contributed by atoms with Crippen LogP contribution in [-0.4, -0.2) is 195 Å². The van der Waals surface area contributed by atoms with Gasteiger partial charge in [0.1, 0.15) is 42.4 Å². The molecule has 0 radical (unpaired) electrons. The molecule has 80 heavy (non-hydrogen) atoms. The van der Waals surface area contributed by atoms with Crippen LogP contribution in [0.2, 0.25) is 0 Å². The molecule has 2 heterocycles. The zero-order chi connectivity index (χ0) is 60.6. The van der Waals surface area contributed by atoms with Crippen molar-refractivity contribution in [1.29, 1.82) is 0 Å². The molecule has 0 aromatic rings. The Kier molecular flexibility index (Phi) is 39.0. The van der Waals surface area contributed by atoms with E-state index in [1.54, 1.807) is 6.92 Å². The van der Waals surface area contributed by atoms with E-state index in [9.17, 15) is 76.0 Å². The Morgan fingerprint density at radius 1 is 0.762 bits per heavy atom. The quantitative estimate of drug-likeness (QED) is 0.0439. The lowest BCUT2D eigenvalue weighted by Crippen LogP contribution is -2.42. The van der Waals surface area contributed by atoms with Gasteiger partial charge >= 0.3 is 11.9 Å². The lowest BCUT2D eigenvalue weighted by Gasteiger charge is -2.34. The average molecular weight is 1170 g/mol. The van der Waals surface area contributed by atoms with E-state index >= 15 is 0 Å². The lowest BCUT2D eigenvalue weighted by molar-refractivity contribution is -0.202. The second-order valence-corrected chi connectivity index (χ2v) is 22.9. The van der Waals surface area contributed by atoms with Crippen LogP contribution >= 0.6 is 11.9 Å². The molecule has 0 aliphatic carbocycles. The van der Waals surface area contributed by atoms with E-state index in [-0.39, 0.29) is 49.9 Å². The molecule has 17 N–H and O–H groups in total. The number of carbonyl (C=O) groups is 2. The van der Waals surface area contributed by atoms with E-state index in [4.69, 9.17) is 25.7 Å². The highest BCUT2D eigenvalue weighted by Crippen LogP contribution is 2.32. The molecule has 0 bridgehead atoms. The molecule has 1 saturated heterocycles. The summed E-state index contributed by atoms with van der Waals surface area (Å²) in [6, 6.07) is 0. The summed E-state index contributed by atoms with van der Waals surface area (Å²) in [6.45, 7) is 12.1. The van der Waals surface area contributed by atoms with Crippen LogP contribution in [0.25, 0.3) is 0 Å². The third kappa shape index (κ3) is 30.8. The summed E-state index contributed by atoms with van der Waals surface area (Å²) >= 11 is 4.49. The maximum Gasteiger partial charge on any atom is 0.321 e. The Morgan fingerprint density at radius 3 is 1.89 bits per heavy atom. The minimum Gasteiger partial charge on any atom is -0.461 e. The van der Waals surface area contributed by atoms with Gasteiger partial charge in [-0.15, -0.1) is 0 Å². The monoisotopic (exact) mass is 1170 g/mol. The van der Waals surface area contributed by atoms with Crippen molar-refractivity contribution in [3.05, 3.63) is 23.3 Å². The molecule has 0 saturated carbocycles. The van der Waals surface area contributed by atoms with E-state index in [2.05, 4.69) is 21.1 Å². The number of allylic oxidation sites excluding steroid dienone is 1. The number of cyclic esters (lactones) is 1. The highest BCUT2D eigenvalue weighted by Gasteiger charge is 2.45. The van der Waals surface area contributed by atoms with Crippen molar-refractivity contribution in [2.75, 3.05) is 13.2 Å². The van der Waals surface area contributed by atoms with Crippen molar-refractivity contribution in [1.82, 2.24) is 0 Å². The van der Waals surface area contributed by atoms with Crippen molar-refractivity contribution in [3.8, 4) is 0 Å². The summed E-state index contributed by atoms with van der Waals surface area (Å²) in [5, 5.41) is 141. The number of guanidine groups is 1. The number of aliphatic hydroxyl groups is 13. The number of nitrogens with two attached hydrogens (primary N) is 2. The number of aliphatic hydroxyl groups excluding tert-OH is 13. The molecule has 23 heteroatoms.